The van der Waals surface area contributed by atoms with Gasteiger partial charge in [0.1, 0.15) is 23.1 Å². The van der Waals surface area contributed by atoms with Gasteiger partial charge in [-0.05, 0) is 66.1 Å². The summed E-state index contributed by atoms with van der Waals surface area (Å²) in [5, 5.41) is 9.48. The van der Waals surface area contributed by atoms with E-state index < -0.39 is 17.7 Å². The van der Waals surface area contributed by atoms with Crippen LogP contribution < -0.4 is 9.47 Å². The van der Waals surface area contributed by atoms with Crippen molar-refractivity contribution in [3.05, 3.63) is 88.9 Å². The van der Waals surface area contributed by atoms with Crippen molar-refractivity contribution in [2.45, 2.75) is 25.6 Å². The molecule has 0 fully saturated rings. The van der Waals surface area contributed by atoms with E-state index in [0.717, 1.165) is 28.1 Å². The number of benzene rings is 3. The monoisotopic (exact) mass is 513 g/mol. The summed E-state index contributed by atoms with van der Waals surface area (Å²) < 4.78 is 50.2. The number of aromatic nitrogens is 1. The fourth-order valence-corrected chi connectivity index (χ4v) is 4.53. The van der Waals surface area contributed by atoms with E-state index in [9.17, 15) is 18.0 Å². The lowest BCUT2D eigenvalue weighted by Crippen LogP contribution is -2.03. The highest BCUT2D eigenvalue weighted by molar-refractivity contribution is 7.15. The highest BCUT2D eigenvalue weighted by Gasteiger charge is 2.30. The molecule has 4 aromatic rings. The number of aliphatic carboxylic acids is 1. The van der Waals surface area contributed by atoms with Crippen LogP contribution in [-0.2, 0) is 24.0 Å². The molecule has 5 nitrogen and oxygen atoms in total. The average Bonchev–Trinajstić information content (AvgIpc) is 3.31. The van der Waals surface area contributed by atoms with Gasteiger partial charge >= 0.3 is 12.1 Å². The van der Waals surface area contributed by atoms with E-state index in [4.69, 9.17) is 19.6 Å². The van der Waals surface area contributed by atoms with E-state index in [2.05, 4.69) is 0 Å². The van der Waals surface area contributed by atoms with Crippen LogP contribution in [-0.4, -0.2) is 23.2 Å². The van der Waals surface area contributed by atoms with Gasteiger partial charge in [0.25, 0.3) is 0 Å². The third-order valence-corrected chi connectivity index (χ3v) is 6.50. The predicted molar refractivity (Wildman–Crippen MR) is 131 cm³/mol. The number of carbonyl (C=O) groups is 1. The van der Waals surface area contributed by atoms with Gasteiger partial charge in [-0.15, -0.1) is 11.3 Å². The van der Waals surface area contributed by atoms with Crippen molar-refractivity contribution in [1.29, 1.82) is 0 Å². The van der Waals surface area contributed by atoms with Crippen molar-refractivity contribution in [3.8, 4) is 33.2 Å². The maximum Gasteiger partial charge on any atom is 0.416 e. The summed E-state index contributed by atoms with van der Waals surface area (Å²) in [7, 11) is 1.57. The molecule has 36 heavy (non-hydrogen) atoms. The van der Waals surface area contributed by atoms with Crippen LogP contribution in [0.2, 0.25) is 0 Å². The fraction of sp³-hybridized carbons (Fsp3) is 0.185. The van der Waals surface area contributed by atoms with E-state index in [1.807, 2.05) is 24.3 Å². The van der Waals surface area contributed by atoms with Gasteiger partial charge in [-0.2, -0.15) is 13.2 Å². The largest absolute Gasteiger partial charge is 0.497 e. The zero-order valence-corrected chi connectivity index (χ0v) is 20.0. The summed E-state index contributed by atoms with van der Waals surface area (Å²) in [5.74, 6) is 0.433. The van der Waals surface area contributed by atoms with Gasteiger partial charge in [0.15, 0.2) is 0 Å². The molecule has 186 valence electrons. The van der Waals surface area contributed by atoms with Crippen molar-refractivity contribution in [2.24, 2.45) is 0 Å². The number of aryl methyl sites for hydroxylation is 1. The van der Waals surface area contributed by atoms with E-state index in [1.54, 1.807) is 31.4 Å². The number of methoxy groups -OCH3 is 1. The normalized spacial score (nSPS) is 11.3. The SMILES string of the molecule is COc1ccc(-c2nc(COc3ccc(CCC(=O)O)cc3)sc2-c2ccc(C(F)(F)F)cc2)cc1. The standard InChI is InChI=1S/C27H22F3NO4S/c1-34-21-13-7-18(8-14-21)25-26(19-5-9-20(10-6-19)27(28,29)30)36-23(31-25)16-35-22-11-2-17(3-12-22)4-15-24(32)33/h2-3,5-14H,4,15-16H2,1H3,(H,32,33). The summed E-state index contributed by atoms with van der Waals surface area (Å²) in [6, 6.07) is 19.5. The Labute approximate surface area is 209 Å². The second-order valence-electron chi connectivity index (χ2n) is 7.92. The van der Waals surface area contributed by atoms with Crippen molar-refractivity contribution < 1.29 is 32.5 Å². The fourth-order valence-electron chi connectivity index (χ4n) is 3.53. The number of ether oxygens (including phenoxy) is 2. The van der Waals surface area contributed by atoms with Gasteiger partial charge in [-0.25, -0.2) is 4.98 Å². The molecule has 0 aliphatic heterocycles. The van der Waals surface area contributed by atoms with Crippen LogP contribution in [0.5, 0.6) is 11.5 Å². The van der Waals surface area contributed by atoms with Gasteiger partial charge in [-0.1, -0.05) is 24.3 Å². The Hall–Kier alpha value is -3.85. The summed E-state index contributed by atoms with van der Waals surface area (Å²) in [6.45, 7) is 0.170. The third-order valence-electron chi connectivity index (χ3n) is 5.42. The molecule has 0 aliphatic carbocycles. The minimum absolute atomic E-state index is 0.0557. The van der Waals surface area contributed by atoms with Crippen molar-refractivity contribution >= 4 is 17.3 Å². The molecule has 0 spiro atoms. The van der Waals surface area contributed by atoms with Gasteiger partial charge in [0, 0.05) is 12.0 Å². The van der Waals surface area contributed by atoms with Crippen LogP contribution in [0.3, 0.4) is 0 Å². The molecule has 1 N–H and O–H groups in total. The number of nitrogens with zero attached hydrogens (tertiary/aromatic N) is 1. The highest BCUT2D eigenvalue weighted by Crippen LogP contribution is 2.39. The Morgan fingerprint density at radius 1 is 0.917 bits per heavy atom. The van der Waals surface area contributed by atoms with Crippen LogP contribution in [0.25, 0.3) is 21.7 Å². The Bertz CT molecular complexity index is 1320. The van der Waals surface area contributed by atoms with Crippen LogP contribution in [0, 0.1) is 0 Å². The zero-order valence-electron chi connectivity index (χ0n) is 19.2. The molecule has 3 aromatic carbocycles. The van der Waals surface area contributed by atoms with E-state index >= 15 is 0 Å². The van der Waals surface area contributed by atoms with Crippen LogP contribution in [0.4, 0.5) is 13.2 Å². The predicted octanol–water partition coefficient (Wildman–Crippen LogP) is 7.10. The van der Waals surface area contributed by atoms with Gasteiger partial charge in [0.05, 0.1) is 23.2 Å². The maximum absolute atomic E-state index is 13.0. The van der Waals surface area contributed by atoms with Crippen LogP contribution in [0.1, 0.15) is 22.6 Å². The van der Waals surface area contributed by atoms with Gasteiger partial charge in [-0.3, -0.25) is 4.79 Å². The number of alkyl halides is 3. The molecule has 0 atom stereocenters. The number of hydrogen-bond donors (Lipinski definition) is 1. The Morgan fingerprint density at radius 3 is 2.11 bits per heavy atom. The molecule has 0 bridgehead atoms. The topological polar surface area (TPSA) is 68.7 Å². The summed E-state index contributed by atoms with van der Waals surface area (Å²) in [5.41, 5.74) is 2.25. The molecule has 1 heterocycles. The number of halogens is 3. The van der Waals surface area contributed by atoms with E-state index in [1.165, 1.54) is 23.5 Å². The number of carboxylic acid groups (broad SMARTS) is 1. The average molecular weight is 514 g/mol. The lowest BCUT2D eigenvalue weighted by molar-refractivity contribution is -0.138. The van der Waals surface area contributed by atoms with Crippen molar-refractivity contribution in [3.63, 3.8) is 0 Å². The van der Waals surface area contributed by atoms with Gasteiger partial charge in [0.2, 0.25) is 0 Å². The zero-order chi connectivity index (χ0) is 25.7. The third kappa shape index (κ3) is 6.23. The van der Waals surface area contributed by atoms with Crippen LogP contribution in [0.15, 0.2) is 72.8 Å². The molecule has 0 amide bonds. The molecular formula is C27H22F3NO4S. The molecule has 9 heteroatoms. The second-order valence-corrected chi connectivity index (χ2v) is 9.00. The first-order chi connectivity index (χ1) is 17.2. The summed E-state index contributed by atoms with van der Waals surface area (Å²) in [4.78, 5) is 16.2. The Kier molecular flexibility index (Phi) is 7.59. The van der Waals surface area contributed by atoms with Crippen molar-refractivity contribution in [2.75, 3.05) is 7.11 Å². The second kappa shape index (κ2) is 10.8. The lowest BCUT2D eigenvalue weighted by atomic mass is 10.1. The van der Waals surface area contributed by atoms with Crippen LogP contribution >= 0.6 is 11.3 Å². The lowest BCUT2D eigenvalue weighted by Gasteiger charge is -2.08. The quantitative estimate of drug-likeness (QED) is 0.259. The molecule has 0 radical (unpaired) electrons. The number of thiazole rings is 1. The first-order valence-electron chi connectivity index (χ1n) is 11.0. The molecule has 4 rings (SSSR count). The summed E-state index contributed by atoms with van der Waals surface area (Å²) >= 11 is 1.35. The number of carboxylic acids is 1. The Morgan fingerprint density at radius 2 is 1.53 bits per heavy atom. The van der Waals surface area contributed by atoms with E-state index in [0.29, 0.717) is 34.2 Å². The first kappa shape index (κ1) is 25.2. The molecular weight excluding hydrogens is 491 g/mol. The first-order valence-corrected chi connectivity index (χ1v) is 11.8. The molecule has 0 unspecified atom stereocenters. The highest BCUT2D eigenvalue weighted by atomic mass is 32.1. The molecule has 0 saturated carbocycles. The minimum Gasteiger partial charge on any atom is -0.497 e. The van der Waals surface area contributed by atoms with E-state index in [-0.39, 0.29) is 13.0 Å². The Balaban J connectivity index is 1.58. The smallest absolute Gasteiger partial charge is 0.416 e. The maximum atomic E-state index is 13.0. The number of hydrogen-bond acceptors (Lipinski definition) is 5. The molecule has 0 aliphatic rings. The molecule has 1 aromatic heterocycles. The van der Waals surface area contributed by atoms with Gasteiger partial charge < -0.3 is 14.6 Å². The minimum atomic E-state index is -4.41. The molecule has 0 saturated heterocycles. The van der Waals surface area contributed by atoms with Crippen molar-refractivity contribution in [1.82, 2.24) is 4.98 Å². The summed E-state index contributed by atoms with van der Waals surface area (Å²) in [6.07, 6.45) is -3.92. The number of rotatable bonds is 9.